The highest BCUT2D eigenvalue weighted by atomic mass is 16.8. The molecule has 4 rings (SSSR count). The molecular formula is C15H14N2O6. The molecular weight excluding hydrogens is 304 g/mol. The summed E-state index contributed by atoms with van der Waals surface area (Å²) in [6, 6.07) is 6.03. The molecule has 3 heterocycles. The number of aliphatic carboxylic acids is 1. The van der Waals surface area contributed by atoms with Gasteiger partial charge in [-0.2, -0.15) is 5.23 Å². The van der Waals surface area contributed by atoms with Crippen molar-refractivity contribution >= 4 is 23.3 Å². The fourth-order valence-corrected chi connectivity index (χ4v) is 3.81. The highest BCUT2D eigenvalue weighted by Gasteiger charge is 2.67. The summed E-state index contributed by atoms with van der Waals surface area (Å²) >= 11 is 0. The topological polar surface area (TPSA) is 115 Å². The van der Waals surface area contributed by atoms with E-state index in [1.165, 1.54) is 17.0 Å². The Balaban J connectivity index is 1.72. The molecule has 1 amide bonds. The molecule has 120 valence electrons. The number of nitrogens with one attached hydrogen (secondary N) is 1. The van der Waals surface area contributed by atoms with E-state index < -0.39 is 34.7 Å². The number of amides is 1. The van der Waals surface area contributed by atoms with Crippen molar-refractivity contribution in [3.8, 4) is 0 Å². The first kappa shape index (κ1) is 14.3. The second kappa shape index (κ2) is 4.62. The molecule has 8 heteroatoms. The Labute approximate surface area is 130 Å². The number of hydrogen-bond donors (Lipinski definition) is 3. The number of carboxylic acid groups (broad SMARTS) is 1. The van der Waals surface area contributed by atoms with E-state index in [4.69, 9.17) is 9.94 Å². The van der Waals surface area contributed by atoms with Crippen molar-refractivity contribution in [2.24, 2.45) is 11.8 Å². The number of carbonyl (C=O) groups is 2. The minimum atomic E-state index is -1.09. The van der Waals surface area contributed by atoms with E-state index in [0.29, 0.717) is 5.69 Å². The van der Waals surface area contributed by atoms with Crippen LogP contribution in [0.3, 0.4) is 0 Å². The molecule has 1 spiro atoms. The van der Waals surface area contributed by atoms with E-state index in [2.05, 4.69) is 0 Å². The first-order valence-electron chi connectivity index (χ1n) is 7.18. The molecule has 1 aromatic rings. The number of fused-ring (bicyclic) bond motifs is 1. The van der Waals surface area contributed by atoms with Gasteiger partial charge in [0, 0.05) is 17.8 Å². The summed E-state index contributed by atoms with van der Waals surface area (Å²) in [5, 5.41) is 28.5. The number of carbonyl (C=O) groups excluding carboxylic acids is 1. The van der Waals surface area contributed by atoms with Crippen molar-refractivity contribution in [2.45, 2.75) is 11.7 Å². The number of carboxylic acids is 1. The van der Waals surface area contributed by atoms with Crippen molar-refractivity contribution in [3.63, 3.8) is 0 Å². The monoisotopic (exact) mass is 318 g/mol. The van der Waals surface area contributed by atoms with Crippen LogP contribution in [0.2, 0.25) is 0 Å². The summed E-state index contributed by atoms with van der Waals surface area (Å²) in [4.78, 5) is 25.7. The number of quaternary nitrogens is 1. The zero-order valence-electron chi connectivity index (χ0n) is 11.9. The van der Waals surface area contributed by atoms with E-state index in [-0.39, 0.29) is 18.1 Å². The average Bonchev–Trinajstić information content (AvgIpc) is 3.15. The first-order valence-corrected chi connectivity index (χ1v) is 7.18. The van der Waals surface area contributed by atoms with Crippen LogP contribution in [0, 0.1) is 17.0 Å². The Kier molecular flexibility index (Phi) is 2.88. The highest BCUT2D eigenvalue weighted by Crippen LogP contribution is 2.52. The van der Waals surface area contributed by atoms with Gasteiger partial charge < -0.3 is 20.0 Å². The third kappa shape index (κ3) is 1.86. The summed E-state index contributed by atoms with van der Waals surface area (Å²) < 4.78 is 5.79. The normalized spacial score (nSPS) is 35.7. The van der Waals surface area contributed by atoms with Crippen molar-refractivity contribution in [3.05, 3.63) is 41.6 Å². The predicted molar refractivity (Wildman–Crippen MR) is 75.9 cm³/mol. The molecule has 23 heavy (non-hydrogen) atoms. The van der Waals surface area contributed by atoms with Gasteiger partial charge in [0.2, 0.25) is 5.91 Å². The largest absolute Gasteiger partial charge is 0.595 e. The van der Waals surface area contributed by atoms with Crippen LogP contribution in [0.4, 0.5) is 11.4 Å². The average molecular weight is 318 g/mol. The summed E-state index contributed by atoms with van der Waals surface area (Å²) in [6.45, 7) is 0.191. The van der Waals surface area contributed by atoms with Crippen LogP contribution in [0.1, 0.15) is 0 Å². The van der Waals surface area contributed by atoms with Gasteiger partial charge >= 0.3 is 5.97 Å². The lowest BCUT2D eigenvalue weighted by Gasteiger charge is -2.22. The van der Waals surface area contributed by atoms with Crippen molar-refractivity contribution in [1.82, 2.24) is 0 Å². The predicted octanol–water partition coefficient (Wildman–Crippen LogP) is -0.539. The van der Waals surface area contributed by atoms with Crippen LogP contribution in [0.25, 0.3) is 0 Å². The minimum absolute atomic E-state index is 0.0698. The standard InChI is InChI=1S/C15H14N2O6/c18-13-12-11(14(19)20)10-4-5-15(12,23-10)7-16(13)8-2-1-3-9(6-8)17(21)22/h1-6,10-12,17,21H,7H2,(H,19,20)/t10-,11?,12+,15-/m1/s1. The van der Waals surface area contributed by atoms with Crippen LogP contribution in [0.15, 0.2) is 36.4 Å². The van der Waals surface area contributed by atoms with Crippen molar-refractivity contribution < 1.29 is 29.9 Å². The SMILES string of the molecule is O=C(O)C1[C@H]2C(=O)N(c3cccc([NH+]([O-])O)c3)C[C@]23C=C[C@H]1O3. The van der Waals surface area contributed by atoms with Gasteiger partial charge in [-0.1, -0.05) is 18.2 Å². The van der Waals surface area contributed by atoms with Crippen LogP contribution >= 0.6 is 0 Å². The van der Waals surface area contributed by atoms with E-state index in [9.17, 15) is 19.9 Å². The van der Waals surface area contributed by atoms with Gasteiger partial charge in [0.1, 0.15) is 11.5 Å². The first-order chi connectivity index (χ1) is 10.9. The third-order valence-electron chi connectivity index (χ3n) is 4.79. The highest BCUT2D eigenvalue weighted by molar-refractivity contribution is 6.02. The maximum atomic E-state index is 12.8. The van der Waals surface area contributed by atoms with Crippen LogP contribution in [-0.2, 0) is 14.3 Å². The van der Waals surface area contributed by atoms with Crippen molar-refractivity contribution in [1.29, 1.82) is 0 Å². The minimum Gasteiger partial charge on any atom is -0.595 e. The molecule has 2 fully saturated rings. The lowest BCUT2D eigenvalue weighted by molar-refractivity contribution is -0.991. The zero-order chi connectivity index (χ0) is 16.4. The smallest absolute Gasteiger partial charge is 0.310 e. The van der Waals surface area contributed by atoms with E-state index in [1.54, 1.807) is 24.3 Å². The maximum Gasteiger partial charge on any atom is 0.310 e. The number of hydrogen-bond acceptors (Lipinski definition) is 5. The van der Waals surface area contributed by atoms with Gasteiger partial charge in [0.25, 0.3) is 0 Å². The molecule has 8 nitrogen and oxygen atoms in total. The number of anilines is 1. The molecule has 0 aliphatic carbocycles. The second-order valence-electron chi connectivity index (χ2n) is 6.02. The Morgan fingerprint density at radius 2 is 2.26 bits per heavy atom. The van der Waals surface area contributed by atoms with Gasteiger partial charge in [-0.15, -0.1) is 0 Å². The molecule has 0 aromatic heterocycles. The van der Waals surface area contributed by atoms with Crippen LogP contribution < -0.4 is 10.1 Å². The van der Waals surface area contributed by atoms with E-state index in [0.717, 1.165) is 0 Å². The zero-order valence-corrected chi connectivity index (χ0v) is 11.9. The van der Waals surface area contributed by atoms with E-state index >= 15 is 0 Å². The van der Waals surface area contributed by atoms with Gasteiger partial charge in [0.15, 0.2) is 5.69 Å². The summed E-state index contributed by atoms with van der Waals surface area (Å²) in [7, 11) is 0. The summed E-state index contributed by atoms with van der Waals surface area (Å²) in [5.41, 5.74) is -0.423. The maximum absolute atomic E-state index is 12.8. The number of benzene rings is 1. The Morgan fingerprint density at radius 3 is 2.96 bits per heavy atom. The Bertz CT molecular complexity index is 732. The second-order valence-corrected chi connectivity index (χ2v) is 6.02. The van der Waals surface area contributed by atoms with Crippen LogP contribution in [-0.4, -0.2) is 40.4 Å². The molecule has 2 bridgehead atoms. The van der Waals surface area contributed by atoms with Gasteiger partial charge in [0.05, 0.1) is 18.6 Å². The molecule has 0 radical (unpaired) electrons. The molecule has 1 aromatic carbocycles. The quantitative estimate of drug-likeness (QED) is 0.509. The number of ether oxygens (including phenoxy) is 1. The van der Waals surface area contributed by atoms with Gasteiger partial charge in [-0.05, 0) is 6.07 Å². The lowest BCUT2D eigenvalue weighted by atomic mass is 9.77. The van der Waals surface area contributed by atoms with E-state index in [1.807, 2.05) is 0 Å². The number of rotatable bonds is 3. The summed E-state index contributed by atoms with van der Waals surface area (Å²) in [6.07, 6.45) is 2.88. The molecule has 0 saturated carbocycles. The van der Waals surface area contributed by atoms with Gasteiger partial charge in [-0.25, -0.2) is 5.21 Å². The Hall–Kier alpha value is -2.26. The third-order valence-corrected chi connectivity index (χ3v) is 4.79. The molecule has 5 atom stereocenters. The fraction of sp³-hybridized carbons (Fsp3) is 0.333. The number of nitrogens with zero attached hydrogens (tertiary/aromatic N) is 1. The van der Waals surface area contributed by atoms with Crippen molar-refractivity contribution in [2.75, 3.05) is 11.4 Å². The molecule has 3 N–H and O–H groups in total. The molecule has 2 unspecified atom stereocenters. The van der Waals surface area contributed by atoms with Gasteiger partial charge in [-0.3, -0.25) is 9.59 Å². The van der Waals surface area contributed by atoms with Crippen LogP contribution in [0.5, 0.6) is 0 Å². The molecule has 3 aliphatic rings. The molecule has 3 aliphatic heterocycles. The summed E-state index contributed by atoms with van der Waals surface area (Å²) in [5.74, 6) is -3.07. The fourth-order valence-electron chi connectivity index (χ4n) is 3.81. The molecule has 2 saturated heterocycles. The lowest BCUT2D eigenvalue weighted by Crippen LogP contribution is -2.99. The Morgan fingerprint density at radius 1 is 1.48 bits per heavy atom.